The predicted octanol–water partition coefficient (Wildman–Crippen LogP) is 3.04. The lowest BCUT2D eigenvalue weighted by atomic mass is 9.98. The van der Waals surface area contributed by atoms with Crippen LogP contribution in [0.25, 0.3) is 0 Å². The van der Waals surface area contributed by atoms with E-state index < -0.39 is 0 Å². The van der Waals surface area contributed by atoms with E-state index >= 15 is 0 Å². The van der Waals surface area contributed by atoms with Gasteiger partial charge in [0.05, 0.1) is 0 Å². The molecule has 0 aromatic heterocycles. The fraction of sp³-hybridized carbons (Fsp3) is 1.00. The van der Waals surface area contributed by atoms with Gasteiger partial charge in [0.2, 0.25) is 0 Å². The smallest absolute Gasteiger partial charge is 0.0455 e. The highest BCUT2D eigenvalue weighted by Crippen LogP contribution is 2.43. The average Bonchev–Trinajstić information content (AvgIpc) is 1.99. The van der Waals surface area contributed by atoms with Crippen molar-refractivity contribution in [2.45, 2.75) is 48.0 Å². The van der Waals surface area contributed by atoms with E-state index in [1.54, 1.807) is 0 Å². The van der Waals surface area contributed by atoms with Crippen molar-refractivity contribution in [3.8, 4) is 0 Å². The van der Waals surface area contributed by atoms with E-state index in [0.717, 1.165) is 10.5 Å². The number of hydrogen-bond acceptors (Lipinski definition) is 1. The highest BCUT2D eigenvalue weighted by molar-refractivity contribution is 8.00. The second-order valence-electron chi connectivity index (χ2n) is 3.32. The molecule has 0 aromatic carbocycles. The second kappa shape index (κ2) is 2.94. The minimum atomic E-state index is 0.488. The van der Waals surface area contributed by atoms with E-state index in [1.165, 1.54) is 32.1 Å². The zero-order valence-corrected chi connectivity index (χ0v) is 7.63. The van der Waals surface area contributed by atoms with Gasteiger partial charge in [-0.1, -0.05) is 6.42 Å². The Morgan fingerprint density at radius 1 is 1.10 bits per heavy atom. The summed E-state index contributed by atoms with van der Waals surface area (Å²) in [6, 6.07) is 0. The Balaban J connectivity index is 2.00. The van der Waals surface area contributed by atoms with Gasteiger partial charge in [-0.2, -0.15) is 11.8 Å². The first-order valence-corrected chi connectivity index (χ1v) is 5.54. The standard InChI is InChI=1S/C8H13ClS/c9-7-5-4-6-2-1-3-8(7)10-6/h6-8H,1-5H2/t6-,7+,8+/m0/s1. The number of fused-ring (bicyclic) bond motifs is 2. The van der Waals surface area contributed by atoms with Crippen LogP contribution in [0.5, 0.6) is 0 Å². The molecule has 3 atom stereocenters. The van der Waals surface area contributed by atoms with Gasteiger partial charge >= 0.3 is 0 Å². The van der Waals surface area contributed by atoms with E-state index in [1.807, 2.05) is 0 Å². The van der Waals surface area contributed by atoms with Crippen LogP contribution >= 0.6 is 23.4 Å². The van der Waals surface area contributed by atoms with Crippen molar-refractivity contribution in [2.75, 3.05) is 0 Å². The molecule has 2 aliphatic rings. The van der Waals surface area contributed by atoms with Gasteiger partial charge in [-0.05, 0) is 25.7 Å². The minimum Gasteiger partial charge on any atom is -0.154 e. The Kier molecular flexibility index (Phi) is 2.15. The van der Waals surface area contributed by atoms with Crippen molar-refractivity contribution in [1.29, 1.82) is 0 Å². The molecule has 0 radical (unpaired) electrons. The molecule has 58 valence electrons. The van der Waals surface area contributed by atoms with Gasteiger partial charge in [0.15, 0.2) is 0 Å². The van der Waals surface area contributed by atoms with Crippen LogP contribution in [0.3, 0.4) is 0 Å². The summed E-state index contributed by atoms with van der Waals surface area (Å²) >= 11 is 8.31. The van der Waals surface area contributed by atoms with Crippen molar-refractivity contribution in [1.82, 2.24) is 0 Å². The van der Waals surface area contributed by atoms with Gasteiger partial charge < -0.3 is 0 Å². The summed E-state index contributed by atoms with van der Waals surface area (Å²) in [5.41, 5.74) is 0. The molecule has 0 N–H and O–H groups in total. The summed E-state index contributed by atoms with van der Waals surface area (Å²) in [5.74, 6) is 0. The highest BCUT2D eigenvalue weighted by atomic mass is 35.5. The third-order valence-electron chi connectivity index (χ3n) is 2.55. The maximum atomic E-state index is 6.16. The van der Waals surface area contributed by atoms with Crippen LogP contribution in [0.15, 0.2) is 0 Å². The lowest BCUT2D eigenvalue weighted by Crippen LogP contribution is -2.31. The van der Waals surface area contributed by atoms with Crippen molar-refractivity contribution in [2.24, 2.45) is 0 Å². The summed E-state index contributed by atoms with van der Waals surface area (Å²) < 4.78 is 0. The number of alkyl halides is 1. The Morgan fingerprint density at radius 2 is 2.00 bits per heavy atom. The zero-order valence-electron chi connectivity index (χ0n) is 6.05. The first-order chi connectivity index (χ1) is 4.86. The molecule has 2 bridgehead atoms. The van der Waals surface area contributed by atoms with E-state index in [0.29, 0.717) is 5.38 Å². The normalized spacial score (nSPS) is 47.1. The van der Waals surface area contributed by atoms with Gasteiger partial charge in [0, 0.05) is 15.9 Å². The first-order valence-electron chi connectivity index (χ1n) is 4.16. The van der Waals surface area contributed by atoms with Gasteiger partial charge in [-0.15, -0.1) is 11.6 Å². The zero-order chi connectivity index (χ0) is 6.97. The van der Waals surface area contributed by atoms with Crippen LogP contribution in [0, 0.1) is 0 Å². The molecule has 2 fully saturated rings. The summed E-state index contributed by atoms with van der Waals surface area (Å²) in [7, 11) is 0. The number of rotatable bonds is 0. The molecule has 0 aliphatic carbocycles. The lowest BCUT2D eigenvalue weighted by Gasteiger charge is -2.36. The van der Waals surface area contributed by atoms with Crippen LogP contribution in [0.4, 0.5) is 0 Å². The third kappa shape index (κ3) is 1.31. The number of thioether (sulfide) groups is 1. The van der Waals surface area contributed by atoms with Crippen LogP contribution in [0.2, 0.25) is 0 Å². The first kappa shape index (κ1) is 7.30. The van der Waals surface area contributed by atoms with Gasteiger partial charge in [0.25, 0.3) is 0 Å². The maximum absolute atomic E-state index is 6.16. The molecule has 2 rings (SSSR count). The monoisotopic (exact) mass is 176 g/mol. The molecule has 0 aromatic rings. The summed E-state index contributed by atoms with van der Waals surface area (Å²) in [4.78, 5) is 0. The molecule has 0 saturated carbocycles. The van der Waals surface area contributed by atoms with Crippen molar-refractivity contribution < 1.29 is 0 Å². The fourth-order valence-electron chi connectivity index (χ4n) is 1.94. The summed E-state index contributed by atoms with van der Waals surface area (Å²) in [6.45, 7) is 0. The Bertz CT molecular complexity index is 124. The molecular formula is C8H13ClS. The minimum absolute atomic E-state index is 0.488. The quantitative estimate of drug-likeness (QED) is 0.512. The molecule has 0 spiro atoms. The Morgan fingerprint density at radius 3 is 2.80 bits per heavy atom. The largest absolute Gasteiger partial charge is 0.154 e. The lowest BCUT2D eigenvalue weighted by molar-refractivity contribution is 0.495. The summed E-state index contributed by atoms with van der Waals surface area (Å²) in [5, 5.41) is 2.25. The molecule has 2 heterocycles. The van der Waals surface area contributed by atoms with Crippen LogP contribution in [0.1, 0.15) is 32.1 Å². The topological polar surface area (TPSA) is 0 Å². The van der Waals surface area contributed by atoms with E-state index in [9.17, 15) is 0 Å². The highest BCUT2D eigenvalue weighted by Gasteiger charge is 2.32. The van der Waals surface area contributed by atoms with Crippen molar-refractivity contribution in [3.63, 3.8) is 0 Å². The van der Waals surface area contributed by atoms with Gasteiger partial charge in [-0.3, -0.25) is 0 Å². The maximum Gasteiger partial charge on any atom is 0.0455 e. The van der Waals surface area contributed by atoms with Crippen molar-refractivity contribution >= 4 is 23.4 Å². The van der Waals surface area contributed by atoms with Crippen LogP contribution in [-0.2, 0) is 0 Å². The fourth-order valence-corrected chi connectivity index (χ4v) is 4.05. The SMILES string of the molecule is Cl[C@@H]1CC[C@@H]2CCC[C@H]1S2. The number of halogens is 1. The molecular weight excluding hydrogens is 164 g/mol. The second-order valence-corrected chi connectivity index (χ2v) is 5.43. The molecule has 2 heteroatoms. The van der Waals surface area contributed by atoms with Crippen LogP contribution < -0.4 is 0 Å². The molecule has 10 heavy (non-hydrogen) atoms. The molecule has 0 nitrogen and oxygen atoms in total. The predicted molar refractivity (Wildman–Crippen MR) is 47.9 cm³/mol. The molecule has 2 saturated heterocycles. The van der Waals surface area contributed by atoms with E-state index in [4.69, 9.17) is 11.6 Å². The average molecular weight is 177 g/mol. The van der Waals surface area contributed by atoms with Gasteiger partial charge in [0.1, 0.15) is 0 Å². The molecule has 0 amide bonds. The molecule has 0 unspecified atom stereocenters. The van der Waals surface area contributed by atoms with Crippen molar-refractivity contribution in [3.05, 3.63) is 0 Å². The van der Waals surface area contributed by atoms with Crippen LogP contribution in [-0.4, -0.2) is 15.9 Å². The summed E-state index contributed by atoms with van der Waals surface area (Å²) in [6.07, 6.45) is 6.88. The third-order valence-corrected chi connectivity index (χ3v) is 4.99. The Labute approximate surface area is 71.7 Å². The van der Waals surface area contributed by atoms with E-state index in [-0.39, 0.29) is 0 Å². The van der Waals surface area contributed by atoms with E-state index in [2.05, 4.69) is 11.8 Å². The number of hydrogen-bond donors (Lipinski definition) is 0. The Hall–Kier alpha value is 0.640. The van der Waals surface area contributed by atoms with Gasteiger partial charge in [-0.25, -0.2) is 0 Å². The molecule has 2 aliphatic heterocycles.